The molecule has 8 heteroatoms. The molecule has 154 valence electrons. The zero-order valence-electron chi connectivity index (χ0n) is 16.1. The highest BCUT2D eigenvalue weighted by molar-refractivity contribution is 6.29. The number of carbonyl (C=O) groups is 2. The lowest BCUT2D eigenvalue weighted by atomic mass is 9.95. The van der Waals surface area contributed by atoms with Crippen LogP contribution in [-0.4, -0.2) is 73.6 Å². The SMILES string of the molecule is O=C(NC[C@H]1CN(CC2CCN(CC3CC3)CC2)C(=O)CO1)c1ccc(Cl)o1. The first-order chi connectivity index (χ1) is 13.6. The average Bonchev–Trinajstić information content (AvgIpc) is 3.40. The van der Waals surface area contributed by atoms with Gasteiger partial charge in [-0.15, -0.1) is 0 Å². The summed E-state index contributed by atoms with van der Waals surface area (Å²) in [7, 11) is 0. The number of hydrogen-bond acceptors (Lipinski definition) is 5. The van der Waals surface area contributed by atoms with Gasteiger partial charge >= 0.3 is 0 Å². The summed E-state index contributed by atoms with van der Waals surface area (Å²) in [5.41, 5.74) is 0. The summed E-state index contributed by atoms with van der Waals surface area (Å²) in [6.45, 7) is 5.26. The minimum absolute atomic E-state index is 0.0424. The third-order valence-electron chi connectivity index (χ3n) is 5.91. The van der Waals surface area contributed by atoms with Crippen LogP contribution in [0.15, 0.2) is 16.5 Å². The molecule has 4 rings (SSSR count). The molecule has 1 aliphatic carbocycles. The number of piperidine rings is 1. The van der Waals surface area contributed by atoms with Gasteiger partial charge in [-0.05, 0) is 74.3 Å². The summed E-state index contributed by atoms with van der Waals surface area (Å²) in [6, 6.07) is 3.06. The van der Waals surface area contributed by atoms with Crippen molar-refractivity contribution in [2.75, 3.05) is 45.9 Å². The van der Waals surface area contributed by atoms with E-state index in [2.05, 4.69) is 10.2 Å². The van der Waals surface area contributed by atoms with Crippen LogP contribution in [0.2, 0.25) is 5.22 Å². The predicted octanol–water partition coefficient (Wildman–Crippen LogP) is 2.01. The number of ether oxygens (including phenoxy) is 1. The molecule has 7 nitrogen and oxygen atoms in total. The molecule has 0 bridgehead atoms. The van der Waals surface area contributed by atoms with Gasteiger partial charge in [-0.2, -0.15) is 0 Å². The van der Waals surface area contributed by atoms with Gasteiger partial charge in [0.05, 0.1) is 6.10 Å². The maximum Gasteiger partial charge on any atom is 0.287 e. The third-order valence-corrected chi connectivity index (χ3v) is 6.11. The number of furan rings is 1. The highest BCUT2D eigenvalue weighted by atomic mass is 35.5. The molecule has 3 aliphatic rings. The van der Waals surface area contributed by atoms with E-state index in [-0.39, 0.29) is 35.5 Å². The topological polar surface area (TPSA) is 75.0 Å². The maximum absolute atomic E-state index is 12.3. The number of amides is 2. The molecule has 2 aliphatic heterocycles. The van der Waals surface area contributed by atoms with Crippen molar-refractivity contribution in [3.63, 3.8) is 0 Å². The van der Waals surface area contributed by atoms with E-state index in [0.29, 0.717) is 19.0 Å². The summed E-state index contributed by atoms with van der Waals surface area (Å²) >= 11 is 5.70. The molecule has 2 amide bonds. The van der Waals surface area contributed by atoms with Gasteiger partial charge in [-0.25, -0.2) is 0 Å². The van der Waals surface area contributed by atoms with Crippen LogP contribution in [0.25, 0.3) is 0 Å². The number of likely N-dealkylation sites (tertiary alicyclic amines) is 1. The van der Waals surface area contributed by atoms with Gasteiger partial charge in [0, 0.05) is 26.2 Å². The molecule has 2 saturated heterocycles. The second kappa shape index (κ2) is 8.84. The van der Waals surface area contributed by atoms with Crippen LogP contribution in [0, 0.1) is 11.8 Å². The molecule has 28 heavy (non-hydrogen) atoms. The van der Waals surface area contributed by atoms with E-state index in [1.165, 1.54) is 31.5 Å². The van der Waals surface area contributed by atoms with Crippen molar-refractivity contribution in [2.45, 2.75) is 31.8 Å². The summed E-state index contributed by atoms with van der Waals surface area (Å²) in [5.74, 6) is 1.37. The second-order valence-electron chi connectivity index (χ2n) is 8.23. The first kappa shape index (κ1) is 19.7. The molecule has 3 heterocycles. The lowest BCUT2D eigenvalue weighted by Gasteiger charge is -2.38. The second-order valence-corrected chi connectivity index (χ2v) is 8.61. The summed E-state index contributed by atoms with van der Waals surface area (Å²) in [6.07, 6.45) is 4.89. The quantitative estimate of drug-likeness (QED) is 0.745. The average molecular weight is 410 g/mol. The van der Waals surface area contributed by atoms with Crippen LogP contribution >= 0.6 is 11.6 Å². The molecule has 1 aromatic rings. The summed E-state index contributed by atoms with van der Waals surface area (Å²) in [4.78, 5) is 28.8. The Morgan fingerprint density at radius 3 is 2.57 bits per heavy atom. The Hall–Kier alpha value is -1.57. The summed E-state index contributed by atoms with van der Waals surface area (Å²) in [5, 5.41) is 2.97. The Labute approximate surface area is 170 Å². The molecule has 0 radical (unpaired) electrons. The van der Waals surface area contributed by atoms with E-state index in [9.17, 15) is 9.59 Å². The van der Waals surface area contributed by atoms with Crippen molar-refractivity contribution in [1.29, 1.82) is 0 Å². The van der Waals surface area contributed by atoms with E-state index in [1.54, 1.807) is 0 Å². The van der Waals surface area contributed by atoms with Crippen molar-refractivity contribution in [3.8, 4) is 0 Å². The zero-order chi connectivity index (χ0) is 19.5. The molecule has 1 saturated carbocycles. The van der Waals surface area contributed by atoms with E-state index < -0.39 is 0 Å². The molecule has 3 fully saturated rings. The van der Waals surface area contributed by atoms with Gasteiger partial charge < -0.3 is 24.3 Å². The first-order valence-electron chi connectivity index (χ1n) is 10.2. The Morgan fingerprint density at radius 1 is 1.14 bits per heavy atom. The minimum atomic E-state index is -0.331. The molecule has 1 atom stereocenters. The van der Waals surface area contributed by atoms with Gasteiger partial charge in [-0.3, -0.25) is 9.59 Å². The first-order valence-corrected chi connectivity index (χ1v) is 10.6. The number of nitrogens with zero attached hydrogens (tertiary/aromatic N) is 2. The van der Waals surface area contributed by atoms with Crippen molar-refractivity contribution in [2.24, 2.45) is 11.8 Å². The van der Waals surface area contributed by atoms with Crippen LogP contribution in [-0.2, 0) is 9.53 Å². The monoisotopic (exact) mass is 409 g/mol. The fourth-order valence-corrected chi connectivity index (χ4v) is 4.19. The third kappa shape index (κ3) is 5.27. The molecule has 1 N–H and O–H groups in total. The Balaban J connectivity index is 1.21. The normalized spacial score (nSPS) is 24.5. The summed E-state index contributed by atoms with van der Waals surface area (Å²) < 4.78 is 10.7. The lowest BCUT2D eigenvalue weighted by molar-refractivity contribution is -0.149. The number of hydrogen-bond donors (Lipinski definition) is 1. The van der Waals surface area contributed by atoms with E-state index in [0.717, 1.165) is 38.4 Å². The smallest absolute Gasteiger partial charge is 0.287 e. The predicted molar refractivity (Wildman–Crippen MR) is 104 cm³/mol. The maximum atomic E-state index is 12.3. The molecular formula is C20H28ClN3O4. The van der Waals surface area contributed by atoms with Crippen LogP contribution in [0.3, 0.4) is 0 Å². The van der Waals surface area contributed by atoms with E-state index >= 15 is 0 Å². The van der Waals surface area contributed by atoms with Gasteiger partial charge in [0.1, 0.15) is 6.61 Å². The number of carbonyl (C=O) groups excluding carboxylic acids is 2. The van der Waals surface area contributed by atoms with Crippen molar-refractivity contribution < 1.29 is 18.7 Å². The van der Waals surface area contributed by atoms with E-state index in [4.69, 9.17) is 20.8 Å². The highest BCUT2D eigenvalue weighted by Crippen LogP contribution is 2.31. The van der Waals surface area contributed by atoms with Crippen LogP contribution in [0.1, 0.15) is 36.2 Å². The van der Waals surface area contributed by atoms with Crippen LogP contribution < -0.4 is 5.32 Å². The van der Waals surface area contributed by atoms with Gasteiger partial charge in [-0.1, -0.05) is 0 Å². The molecule has 1 aromatic heterocycles. The fourth-order valence-electron chi connectivity index (χ4n) is 4.04. The molecular weight excluding hydrogens is 382 g/mol. The van der Waals surface area contributed by atoms with E-state index in [1.807, 2.05) is 4.90 Å². The number of morpholine rings is 1. The van der Waals surface area contributed by atoms with Gasteiger partial charge in [0.2, 0.25) is 5.91 Å². The van der Waals surface area contributed by atoms with Gasteiger partial charge in [0.25, 0.3) is 5.91 Å². The molecule has 0 unspecified atom stereocenters. The van der Waals surface area contributed by atoms with Crippen molar-refractivity contribution in [1.82, 2.24) is 15.1 Å². The Bertz CT molecular complexity index is 697. The lowest BCUT2D eigenvalue weighted by Crippen LogP contribution is -2.52. The standard InChI is InChI=1S/C20H28ClN3O4/c21-18-4-3-17(28-18)20(26)22-9-16-12-24(19(25)13-27-16)11-15-5-7-23(8-6-15)10-14-1-2-14/h3-4,14-16H,1-2,5-13H2,(H,22,26)/t16-/m0/s1. The molecule has 0 aromatic carbocycles. The molecule has 0 spiro atoms. The zero-order valence-corrected chi connectivity index (χ0v) is 16.8. The number of rotatable bonds is 7. The minimum Gasteiger partial charge on any atom is -0.440 e. The largest absolute Gasteiger partial charge is 0.440 e. The number of nitrogens with one attached hydrogen (secondary N) is 1. The van der Waals surface area contributed by atoms with Gasteiger partial charge in [0.15, 0.2) is 11.0 Å². The fraction of sp³-hybridized carbons (Fsp3) is 0.700. The Kier molecular flexibility index (Phi) is 6.23. The van der Waals surface area contributed by atoms with Crippen molar-refractivity contribution >= 4 is 23.4 Å². The van der Waals surface area contributed by atoms with Crippen LogP contribution in [0.5, 0.6) is 0 Å². The van der Waals surface area contributed by atoms with Crippen LogP contribution in [0.4, 0.5) is 0 Å². The van der Waals surface area contributed by atoms with Crippen molar-refractivity contribution in [3.05, 3.63) is 23.1 Å². The highest BCUT2D eigenvalue weighted by Gasteiger charge is 2.31. The Morgan fingerprint density at radius 2 is 1.89 bits per heavy atom. The number of halogens is 1.